The van der Waals surface area contributed by atoms with Crippen LogP contribution in [0.5, 0.6) is 5.75 Å². The zero-order chi connectivity index (χ0) is 17.3. The fourth-order valence-electron chi connectivity index (χ4n) is 3.20. The van der Waals surface area contributed by atoms with Gasteiger partial charge in [0, 0.05) is 18.5 Å². The minimum absolute atomic E-state index is 0.00491. The maximum Gasteiger partial charge on any atom is 0.387 e. The smallest absolute Gasteiger partial charge is 0.387 e. The van der Waals surface area contributed by atoms with Crippen molar-refractivity contribution in [2.75, 3.05) is 6.54 Å². The third-order valence-electron chi connectivity index (χ3n) is 4.49. The van der Waals surface area contributed by atoms with Crippen LogP contribution in [0.1, 0.15) is 30.7 Å². The first kappa shape index (κ1) is 16.5. The lowest BCUT2D eigenvalue weighted by molar-refractivity contribution is -0.124. The lowest BCUT2D eigenvalue weighted by Gasteiger charge is -2.21. The molecular formula is C16H19F2N3O3. The van der Waals surface area contributed by atoms with Crippen LogP contribution in [0.4, 0.5) is 13.6 Å². The summed E-state index contributed by atoms with van der Waals surface area (Å²) in [5.74, 6) is 0.0764. The van der Waals surface area contributed by atoms with Crippen LogP contribution in [-0.2, 0) is 4.79 Å². The van der Waals surface area contributed by atoms with Crippen LogP contribution in [0.3, 0.4) is 0 Å². The number of benzene rings is 1. The fourth-order valence-corrected chi connectivity index (χ4v) is 3.20. The number of likely N-dealkylation sites (tertiary alicyclic amines) is 1. The summed E-state index contributed by atoms with van der Waals surface area (Å²) in [5.41, 5.74) is 6.24. The molecule has 3 N–H and O–H groups in total. The molecule has 6 nitrogen and oxygen atoms in total. The van der Waals surface area contributed by atoms with Gasteiger partial charge in [0.25, 0.3) is 0 Å². The van der Waals surface area contributed by atoms with Gasteiger partial charge in [0.2, 0.25) is 5.91 Å². The first-order valence-electron chi connectivity index (χ1n) is 7.87. The van der Waals surface area contributed by atoms with Gasteiger partial charge >= 0.3 is 12.6 Å². The number of carbonyl (C=O) groups is 2. The highest BCUT2D eigenvalue weighted by molar-refractivity contribution is 5.87. The first-order chi connectivity index (χ1) is 11.5. The molecule has 1 aliphatic heterocycles. The summed E-state index contributed by atoms with van der Waals surface area (Å²) in [4.78, 5) is 25.0. The molecular weight excluding hydrogens is 320 g/mol. The molecule has 0 radical (unpaired) electrons. The third kappa shape index (κ3) is 3.58. The lowest BCUT2D eigenvalue weighted by Crippen LogP contribution is -2.48. The number of primary amides is 1. The second kappa shape index (κ2) is 6.62. The van der Waals surface area contributed by atoms with Crippen molar-refractivity contribution in [2.24, 2.45) is 5.73 Å². The Balaban J connectivity index is 1.54. The van der Waals surface area contributed by atoms with Gasteiger partial charge in [0.05, 0.1) is 0 Å². The Hall–Kier alpha value is -2.38. The molecule has 1 saturated heterocycles. The van der Waals surface area contributed by atoms with Crippen molar-refractivity contribution in [1.29, 1.82) is 0 Å². The maximum absolute atomic E-state index is 12.3. The number of hydrogen-bond donors (Lipinski definition) is 2. The number of amides is 3. The second-order valence-electron chi connectivity index (χ2n) is 6.09. The van der Waals surface area contributed by atoms with Crippen LogP contribution in [0.25, 0.3) is 0 Å². The highest BCUT2D eigenvalue weighted by atomic mass is 19.3. The normalized spacial score (nSPS) is 25.6. The molecule has 1 saturated carbocycles. The molecule has 0 spiro atoms. The average Bonchev–Trinajstić information content (AvgIpc) is 3.10. The van der Waals surface area contributed by atoms with E-state index < -0.39 is 18.7 Å². The van der Waals surface area contributed by atoms with E-state index in [1.165, 1.54) is 17.0 Å². The van der Waals surface area contributed by atoms with Gasteiger partial charge in [-0.25, -0.2) is 4.79 Å². The van der Waals surface area contributed by atoms with Gasteiger partial charge in [-0.2, -0.15) is 8.78 Å². The maximum atomic E-state index is 12.3. The summed E-state index contributed by atoms with van der Waals surface area (Å²) in [6, 6.07) is 5.35. The topological polar surface area (TPSA) is 84.7 Å². The SMILES string of the molecule is NC(=O)N1CCC[C@H]1C(=O)N[C@@H]1C[C@H]1c1ccc(OC(F)F)cc1. The molecule has 2 fully saturated rings. The zero-order valence-corrected chi connectivity index (χ0v) is 13.0. The lowest BCUT2D eigenvalue weighted by atomic mass is 10.1. The quantitative estimate of drug-likeness (QED) is 0.858. The standard InChI is InChI=1S/C16H19F2N3O3/c17-15(18)24-10-5-3-9(4-6-10)11-8-12(11)20-14(22)13-2-1-7-21(13)16(19)23/h3-6,11-13,15H,1-2,7-8H2,(H2,19,23)(H,20,22)/t11-,12+,13-/m0/s1. The Morgan fingerprint density at radius 1 is 1.29 bits per heavy atom. The van der Waals surface area contributed by atoms with E-state index >= 15 is 0 Å². The van der Waals surface area contributed by atoms with E-state index in [4.69, 9.17) is 5.73 Å². The molecule has 3 atom stereocenters. The van der Waals surface area contributed by atoms with E-state index in [0.29, 0.717) is 13.0 Å². The Morgan fingerprint density at radius 3 is 2.62 bits per heavy atom. The fraction of sp³-hybridized carbons (Fsp3) is 0.500. The number of halogens is 2. The molecule has 3 amide bonds. The van der Waals surface area contributed by atoms with E-state index in [1.54, 1.807) is 12.1 Å². The molecule has 24 heavy (non-hydrogen) atoms. The molecule has 0 aromatic heterocycles. The molecule has 1 aromatic rings. The van der Waals surface area contributed by atoms with Crippen molar-refractivity contribution in [3.63, 3.8) is 0 Å². The van der Waals surface area contributed by atoms with Crippen molar-refractivity contribution in [3.8, 4) is 5.75 Å². The molecule has 130 valence electrons. The van der Waals surface area contributed by atoms with Crippen molar-refractivity contribution >= 4 is 11.9 Å². The molecule has 0 bridgehead atoms. The Labute approximate surface area is 137 Å². The van der Waals surface area contributed by atoms with Crippen LogP contribution >= 0.6 is 0 Å². The number of nitrogens with two attached hydrogens (primary N) is 1. The molecule has 1 aromatic carbocycles. The monoisotopic (exact) mass is 339 g/mol. The van der Waals surface area contributed by atoms with Gasteiger partial charge in [-0.15, -0.1) is 0 Å². The van der Waals surface area contributed by atoms with Crippen molar-refractivity contribution < 1.29 is 23.1 Å². The molecule has 8 heteroatoms. The van der Waals surface area contributed by atoms with Gasteiger partial charge in [-0.05, 0) is 37.0 Å². The van der Waals surface area contributed by atoms with Gasteiger partial charge in [0.15, 0.2) is 0 Å². The van der Waals surface area contributed by atoms with Crippen LogP contribution < -0.4 is 15.8 Å². The van der Waals surface area contributed by atoms with Crippen molar-refractivity contribution in [2.45, 2.75) is 43.9 Å². The minimum atomic E-state index is -2.84. The van der Waals surface area contributed by atoms with Crippen molar-refractivity contribution in [3.05, 3.63) is 29.8 Å². The first-order valence-corrected chi connectivity index (χ1v) is 7.87. The summed E-state index contributed by atoms with van der Waals surface area (Å²) in [6.45, 7) is -2.34. The van der Waals surface area contributed by atoms with E-state index in [1.807, 2.05) is 0 Å². The van der Waals surface area contributed by atoms with Gasteiger partial charge < -0.3 is 20.7 Å². The highest BCUT2D eigenvalue weighted by Gasteiger charge is 2.42. The van der Waals surface area contributed by atoms with E-state index in [-0.39, 0.29) is 23.6 Å². The van der Waals surface area contributed by atoms with E-state index in [9.17, 15) is 18.4 Å². The van der Waals surface area contributed by atoms with E-state index in [2.05, 4.69) is 10.1 Å². The number of urea groups is 1. The number of ether oxygens (including phenoxy) is 1. The molecule has 2 aliphatic rings. The van der Waals surface area contributed by atoms with Crippen LogP contribution in [-0.4, -0.2) is 42.1 Å². The van der Waals surface area contributed by atoms with Crippen molar-refractivity contribution in [1.82, 2.24) is 10.2 Å². The summed E-state index contributed by atoms with van der Waals surface area (Å²) < 4.78 is 28.6. The predicted molar refractivity (Wildman–Crippen MR) is 81.7 cm³/mol. The van der Waals surface area contributed by atoms with Crippen LogP contribution in [0.15, 0.2) is 24.3 Å². The van der Waals surface area contributed by atoms with Gasteiger partial charge in [-0.1, -0.05) is 12.1 Å². The molecule has 1 aliphatic carbocycles. The highest BCUT2D eigenvalue weighted by Crippen LogP contribution is 2.41. The summed E-state index contributed by atoms with van der Waals surface area (Å²) in [5, 5.41) is 2.94. The number of nitrogens with one attached hydrogen (secondary N) is 1. The van der Waals surface area contributed by atoms with Gasteiger partial charge in [0.1, 0.15) is 11.8 Å². The minimum Gasteiger partial charge on any atom is -0.435 e. The zero-order valence-electron chi connectivity index (χ0n) is 13.0. The summed E-state index contributed by atoms with van der Waals surface area (Å²) >= 11 is 0. The number of carbonyl (C=O) groups excluding carboxylic acids is 2. The number of rotatable bonds is 5. The second-order valence-corrected chi connectivity index (χ2v) is 6.09. The van der Waals surface area contributed by atoms with Crippen LogP contribution in [0.2, 0.25) is 0 Å². The largest absolute Gasteiger partial charge is 0.435 e. The van der Waals surface area contributed by atoms with Gasteiger partial charge in [-0.3, -0.25) is 4.79 Å². The summed E-state index contributed by atoms with van der Waals surface area (Å²) in [7, 11) is 0. The van der Waals surface area contributed by atoms with E-state index in [0.717, 1.165) is 18.4 Å². The number of nitrogens with zero attached hydrogens (tertiary/aromatic N) is 1. The number of alkyl halides is 2. The third-order valence-corrected chi connectivity index (χ3v) is 4.49. The van der Waals surface area contributed by atoms with Crippen LogP contribution in [0, 0.1) is 0 Å². The average molecular weight is 339 g/mol. The molecule has 1 heterocycles. The molecule has 0 unspecified atom stereocenters. The Bertz CT molecular complexity index is 623. The number of hydrogen-bond acceptors (Lipinski definition) is 3. The molecule has 3 rings (SSSR count). The Kier molecular flexibility index (Phi) is 4.55. The predicted octanol–water partition coefficient (Wildman–Crippen LogP) is 1.80. The Morgan fingerprint density at radius 2 is 2.00 bits per heavy atom. The summed E-state index contributed by atoms with van der Waals surface area (Å²) in [6.07, 6.45) is 2.16.